The van der Waals surface area contributed by atoms with E-state index in [-0.39, 0.29) is 48.3 Å². The van der Waals surface area contributed by atoms with Crippen molar-refractivity contribution in [3.05, 3.63) is 28.6 Å². The number of amides is 1. The summed E-state index contributed by atoms with van der Waals surface area (Å²) in [6.07, 6.45) is 8.17. The number of carbonyl (C=O) groups excluding carboxylic acids is 1. The summed E-state index contributed by atoms with van der Waals surface area (Å²) in [7, 11) is -3.10. The molecular weight excluding hydrogens is 747 g/mol. The van der Waals surface area contributed by atoms with Crippen LogP contribution in [0.4, 0.5) is 27.7 Å². The van der Waals surface area contributed by atoms with Crippen LogP contribution in [0.3, 0.4) is 0 Å². The summed E-state index contributed by atoms with van der Waals surface area (Å²) in [6, 6.07) is 1.72. The van der Waals surface area contributed by atoms with Gasteiger partial charge in [-0.3, -0.25) is 19.1 Å². The Morgan fingerprint density at radius 1 is 1.30 bits per heavy atom. The fourth-order valence-electron chi connectivity index (χ4n) is 4.82. The van der Waals surface area contributed by atoms with E-state index < -0.39 is 25.2 Å². The van der Waals surface area contributed by atoms with Crippen LogP contribution in [0.25, 0.3) is 0 Å². The van der Waals surface area contributed by atoms with E-state index in [9.17, 15) is 18.5 Å². The Kier molecular flexibility index (Phi) is 15.0. The first kappa shape index (κ1) is 43.3. The highest BCUT2D eigenvalue weighted by atomic mass is 32.2. The number of fused-ring (bicyclic) bond motifs is 2. The monoisotopic (exact) mass is 794 g/mol. The molecule has 0 spiro atoms. The van der Waals surface area contributed by atoms with E-state index in [0.29, 0.717) is 28.1 Å². The zero-order valence-corrected chi connectivity index (χ0v) is 33.7. The second kappa shape index (κ2) is 18.3. The number of aliphatic carboxylic acids is 1. The molecule has 0 saturated carbocycles. The number of nitrogens with zero attached hydrogens (tertiary/aromatic N) is 7. The van der Waals surface area contributed by atoms with Crippen LogP contribution in [-0.4, -0.2) is 96.1 Å². The van der Waals surface area contributed by atoms with Gasteiger partial charge in [0.05, 0.1) is 12.2 Å². The molecule has 53 heavy (non-hydrogen) atoms. The number of carboxylic acids is 1. The summed E-state index contributed by atoms with van der Waals surface area (Å²) in [5, 5.41) is 15.3. The first-order valence-corrected chi connectivity index (χ1v) is 20.8. The molecule has 0 radical (unpaired) electrons. The molecule has 16 nitrogen and oxygen atoms in total. The molecule has 0 saturated heterocycles. The van der Waals surface area contributed by atoms with Crippen LogP contribution in [0.5, 0.6) is 5.75 Å². The minimum absolute atomic E-state index is 0.0412. The first-order valence-electron chi connectivity index (χ1n) is 16.6. The molecule has 2 aromatic heterocycles. The fraction of sp³-hybridized carbons (Fsp3) is 0.545. The lowest BCUT2D eigenvalue weighted by Crippen LogP contribution is -2.39. The smallest absolute Gasteiger partial charge is 0.320 e. The molecule has 0 aliphatic carbocycles. The second-order valence-corrected chi connectivity index (χ2v) is 18.1. The van der Waals surface area contributed by atoms with Crippen LogP contribution < -0.4 is 30.8 Å². The zero-order chi connectivity index (χ0) is 39.7. The molecule has 5 rings (SSSR count). The lowest BCUT2D eigenvalue weighted by Gasteiger charge is -2.28. The predicted molar refractivity (Wildman–Crippen MR) is 206 cm³/mol. The summed E-state index contributed by atoms with van der Waals surface area (Å²) < 4.78 is 37.0. The van der Waals surface area contributed by atoms with E-state index in [1.165, 1.54) is 47.0 Å². The Bertz CT molecular complexity index is 1940. The summed E-state index contributed by atoms with van der Waals surface area (Å²) in [4.78, 5) is 50.3. The Morgan fingerprint density at radius 3 is 2.57 bits per heavy atom. The lowest BCUT2D eigenvalue weighted by atomic mass is 9.92. The highest BCUT2D eigenvalue weighted by Gasteiger charge is 2.31. The number of halogens is 1. The van der Waals surface area contributed by atoms with Crippen molar-refractivity contribution in [1.82, 2.24) is 23.9 Å². The molecule has 2 aliphatic rings. The van der Waals surface area contributed by atoms with Crippen LogP contribution >= 0.6 is 30.7 Å². The topological polar surface area (TPSA) is 223 Å². The van der Waals surface area contributed by atoms with E-state index in [2.05, 4.69) is 75.5 Å². The lowest BCUT2D eigenvalue weighted by molar-refractivity contribution is -0.138. The normalized spacial score (nSPS) is 16.3. The van der Waals surface area contributed by atoms with Crippen LogP contribution in [0.1, 0.15) is 53.8 Å². The SMILES string of the molecule is C#CCN1C(=O)COc2cc(F)c(/N=c3\snc4n3CC(C)(C)C4)cc21.CCNc1nc(NC(C)(C)C)nc(SC)n1.CP(=O)(O)CCC(N)C(=O)O. The van der Waals surface area contributed by atoms with Crippen molar-refractivity contribution in [1.29, 1.82) is 0 Å². The van der Waals surface area contributed by atoms with Crippen molar-refractivity contribution in [3.63, 3.8) is 0 Å². The molecule has 2 unspecified atom stereocenters. The summed E-state index contributed by atoms with van der Waals surface area (Å²) in [5.41, 5.74) is 5.71. The van der Waals surface area contributed by atoms with Crippen LogP contribution in [0.2, 0.25) is 0 Å². The van der Waals surface area contributed by atoms with Gasteiger partial charge in [0, 0.05) is 55.5 Å². The van der Waals surface area contributed by atoms with Crippen molar-refractivity contribution in [2.24, 2.45) is 16.1 Å². The van der Waals surface area contributed by atoms with Gasteiger partial charge < -0.3 is 35.7 Å². The van der Waals surface area contributed by atoms with E-state index in [4.69, 9.17) is 26.9 Å². The van der Waals surface area contributed by atoms with Gasteiger partial charge in [0.1, 0.15) is 23.3 Å². The molecule has 290 valence electrons. The van der Waals surface area contributed by atoms with Gasteiger partial charge in [-0.25, -0.2) is 9.38 Å². The molecule has 1 aromatic carbocycles. The summed E-state index contributed by atoms with van der Waals surface area (Å²) in [5.74, 6) is 3.01. The molecule has 3 aromatic rings. The number of carboxylic acid groups (broad SMARTS) is 1. The molecule has 2 atom stereocenters. The van der Waals surface area contributed by atoms with Crippen molar-refractivity contribution in [2.45, 2.75) is 77.7 Å². The predicted octanol–water partition coefficient (Wildman–Crippen LogP) is 4.18. The minimum Gasteiger partial charge on any atom is -0.481 e. The number of anilines is 3. The van der Waals surface area contributed by atoms with Crippen molar-refractivity contribution in [3.8, 4) is 18.1 Å². The Hall–Kier alpha value is -4.08. The number of ether oxygens (including phenoxy) is 1. The Morgan fingerprint density at radius 2 is 1.98 bits per heavy atom. The van der Waals surface area contributed by atoms with E-state index in [0.717, 1.165) is 30.5 Å². The number of hydrogen-bond acceptors (Lipinski definition) is 14. The first-order chi connectivity index (χ1) is 24.6. The molecule has 6 N–H and O–H groups in total. The zero-order valence-electron chi connectivity index (χ0n) is 31.1. The van der Waals surface area contributed by atoms with Crippen molar-refractivity contribution >= 4 is 65.8 Å². The van der Waals surface area contributed by atoms with Gasteiger partial charge in [0.25, 0.3) is 5.91 Å². The van der Waals surface area contributed by atoms with Gasteiger partial charge >= 0.3 is 5.97 Å². The third-order valence-electron chi connectivity index (χ3n) is 7.23. The van der Waals surface area contributed by atoms with Crippen LogP contribution in [-0.2, 0) is 27.1 Å². The minimum atomic E-state index is -3.10. The van der Waals surface area contributed by atoms with E-state index in [1.54, 1.807) is 0 Å². The highest BCUT2D eigenvalue weighted by Crippen LogP contribution is 2.38. The number of nitrogens with one attached hydrogen (secondary N) is 2. The van der Waals surface area contributed by atoms with Gasteiger partial charge in [-0.2, -0.15) is 19.3 Å². The van der Waals surface area contributed by atoms with Gasteiger partial charge in [0.2, 0.25) is 16.7 Å². The molecule has 2 aliphatic heterocycles. The average Bonchev–Trinajstić information content (AvgIpc) is 3.56. The molecule has 1 amide bonds. The van der Waals surface area contributed by atoms with Gasteiger partial charge in [-0.15, -0.1) is 6.42 Å². The van der Waals surface area contributed by atoms with Gasteiger partial charge in [0.15, 0.2) is 24.9 Å². The quantitative estimate of drug-likeness (QED) is 0.110. The van der Waals surface area contributed by atoms with E-state index >= 15 is 0 Å². The van der Waals surface area contributed by atoms with Crippen LogP contribution in [0, 0.1) is 23.6 Å². The molecular formula is C33H48FN10O6PS2. The molecule has 20 heteroatoms. The number of rotatable bonds is 10. The third-order valence-corrected chi connectivity index (χ3v) is 9.64. The van der Waals surface area contributed by atoms with Gasteiger partial charge in [-0.05, 0) is 51.9 Å². The second-order valence-electron chi connectivity index (χ2n) is 14.0. The summed E-state index contributed by atoms with van der Waals surface area (Å²) >= 11 is 2.75. The summed E-state index contributed by atoms with van der Waals surface area (Å²) in [6.45, 7) is 15.3. The molecule has 0 fully saturated rings. The highest BCUT2D eigenvalue weighted by molar-refractivity contribution is 7.98. The van der Waals surface area contributed by atoms with Crippen molar-refractivity contribution in [2.75, 3.05) is 54.3 Å². The Balaban J connectivity index is 0.000000240. The fourth-order valence-corrected chi connectivity index (χ4v) is 6.69. The van der Waals surface area contributed by atoms with Crippen molar-refractivity contribution < 1.29 is 33.3 Å². The largest absolute Gasteiger partial charge is 0.481 e. The molecule has 0 bridgehead atoms. The van der Waals surface area contributed by atoms with Crippen LogP contribution in [0.15, 0.2) is 22.3 Å². The number of aromatic nitrogens is 5. The number of hydrogen-bond donors (Lipinski definition) is 5. The molecule has 4 heterocycles. The number of thioether (sulfide) groups is 1. The maximum atomic E-state index is 14.5. The number of benzene rings is 1. The number of nitrogens with two attached hydrogens (primary N) is 1. The van der Waals surface area contributed by atoms with E-state index in [1.807, 2.05) is 17.7 Å². The maximum absolute atomic E-state index is 14.5. The standard InChI is InChI=1S/C18H17FN4O2S.C10H19N5S.C5H12NO4P/c1-4-5-22-13-7-12(11(19)6-14(13)25-9-16(22)24)20-17-23-10-18(2,3)8-15(23)21-26-17;1-6-11-7-12-8(15-10(2,3)4)14-9(13-7)16-5;1-11(9,10)3-2-4(6)5(7)8/h1,6-7H,5,8-10H2,2-3H3;6H2,1-5H3,(H2,11,12,13,14,15);4H,2-3,6H2,1H3,(H,7,8)(H,9,10)/b20-17-;;. The van der Waals surface area contributed by atoms with Gasteiger partial charge in [-0.1, -0.05) is 31.5 Å². The number of carbonyl (C=O) groups is 2. The average molecular weight is 795 g/mol. The third kappa shape index (κ3) is 13.4. The maximum Gasteiger partial charge on any atom is 0.320 e. The Labute approximate surface area is 316 Å². The number of terminal acetylenes is 1.